The Hall–Kier alpha value is -1.83. The second-order valence-corrected chi connectivity index (χ2v) is 6.26. The number of carbonyl (C=O) groups is 3. The number of H-pyrrole nitrogens is 1. The lowest BCUT2D eigenvalue weighted by Gasteiger charge is -2.23. The SMILES string of the molecule is CC(=O)SC(CC(=O)N1CCC[C@H]1C(=O)O)c1c[nH]cn1. The number of thioether (sulfide) groups is 1. The minimum absolute atomic E-state index is 0.0683. The van der Waals surface area contributed by atoms with Crippen LogP contribution in [0.4, 0.5) is 0 Å². The van der Waals surface area contributed by atoms with Gasteiger partial charge in [-0.3, -0.25) is 9.59 Å². The molecule has 1 fully saturated rings. The average Bonchev–Trinajstić information content (AvgIpc) is 3.08. The third-order valence-corrected chi connectivity index (χ3v) is 4.40. The summed E-state index contributed by atoms with van der Waals surface area (Å²) >= 11 is 1.04. The van der Waals surface area contributed by atoms with E-state index in [1.165, 1.54) is 18.2 Å². The summed E-state index contributed by atoms with van der Waals surface area (Å²) in [4.78, 5) is 43.1. The van der Waals surface area contributed by atoms with E-state index >= 15 is 0 Å². The number of carboxylic acid groups (broad SMARTS) is 1. The van der Waals surface area contributed by atoms with E-state index in [4.69, 9.17) is 5.11 Å². The molecule has 0 radical (unpaired) electrons. The maximum Gasteiger partial charge on any atom is 0.326 e. The zero-order valence-electron chi connectivity index (χ0n) is 11.6. The Balaban J connectivity index is 2.07. The van der Waals surface area contributed by atoms with E-state index in [1.54, 1.807) is 6.20 Å². The predicted molar refractivity (Wildman–Crippen MR) is 76.6 cm³/mol. The number of aromatic nitrogens is 2. The summed E-state index contributed by atoms with van der Waals surface area (Å²) < 4.78 is 0. The van der Waals surface area contributed by atoms with Gasteiger partial charge < -0.3 is 15.0 Å². The molecule has 0 saturated carbocycles. The molecule has 1 saturated heterocycles. The fraction of sp³-hybridized carbons (Fsp3) is 0.538. The normalized spacial score (nSPS) is 19.5. The summed E-state index contributed by atoms with van der Waals surface area (Å²) in [6.45, 7) is 1.89. The molecule has 7 nitrogen and oxygen atoms in total. The molecule has 0 aromatic carbocycles. The molecule has 1 aromatic heterocycles. The first-order chi connectivity index (χ1) is 9.99. The molecule has 0 bridgehead atoms. The van der Waals surface area contributed by atoms with Crippen LogP contribution in [0.15, 0.2) is 12.5 Å². The highest BCUT2D eigenvalue weighted by Gasteiger charge is 2.35. The number of nitrogens with zero attached hydrogens (tertiary/aromatic N) is 2. The van der Waals surface area contributed by atoms with E-state index in [2.05, 4.69) is 9.97 Å². The van der Waals surface area contributed by atoms with Gasteiger partial charge in [-0.05, 0) is 12.8 Å². The van der Waals surface area contributed by atoms with E-state index < -0.39 is 17.3 Å². The number of aliphatic carboxylic acids is 1. The van der Waals surface area contributed by atoms with Gasteiger partial charge in [0, 0.05) is 26.1 Å². The summed E-state index contributed by atoms with van der Waals surface area (Å²) in [6, 6.07) is -0.750. The molecule has 2 heterocycles. The van der Waals surface area contributed by atoms with Crippen LogP contribution < -0.4 is 0 Å². The number of carbonyl (C=O) groups excluding carboxylic acids is 2. The van der Waals surface area contributed by atoms with Crippen LogP contribution in [-0.2, 0) is 14.4 Å². The second-order valence-electron chi connectivity index (χ2n) is 4.88. The lowest BCUT2D eigenvalue weighted by molar-refractivity contribution is -0.148. The Kier molecular flexibility index (Phi) is 5.00. The van der Waals surface area contributed by atoms with Crippen molar-refractivity contribution in [1.82, 2.24) is 14.9 Å². The zero-order chi connectivity index (χ0) is 15.4. The van der Waals surface area contributed by atoms with Crippen LogP contribution in [0.1, 0.15) is 37.1 Å². The molecule has 1 aliphatic heterocycles. The van der Waals surface area contributed by atoms with Gasteiger partial charge in [-0.2, -0.15) is 0 Å². The van der Waals surface area contributed by atoms with Crippen LogP contribution >= 0.6 is 11.8 Å². The van der Waals surface area contributed by atoms with Crippen molar-refractivity contribution in [1.29, 1.82) is 0 Å². The molecule has 0 spiro atoms. The fourth-order valence-electron chi connectivity index (χ4n) is 2.45. The lowest BCUT2D eigenvalue weighted by atomic mass is 10.2. The van der Waals surface area contributed by atoms with E-state index in [-0.39, 0.29) is 17.4 Å². The molecule has 2 N–H and O–H groups in total. The zero-order valence-corrected chi connectivity index (χ0v) is 12.4. The largest absolute Gasteiger partial charge is 0.480 e. The van der Waals surface area contributed by atoms with Crippen molar-refractivity contribution < 1.29 is 19.5 Å². The van der Waals surface area contributed by atoms with Gasteiger partial charge >= 0.3 is 5.97 Å². The first-order valence-corrected chi connectivity index (χ1v) is 7.55. The molecule has 8 heteroatoms. The van der Waals surface area contributed by atoms with Crippen LogP contribution in [0.25, 0.3) is 0 Å². The highest BCUT2D eigenvalue weighted by Crippen LogP contribution is 2.32. The van der Waals surface area contributed by atoms with Crippen LogP contribution in [0.3, 0.4) is 0 Å². The topological polar surface area (TPSA) is 103 Å². The van der Waals surface area contributed by atoms with Crippen molar-refractivity contribution in [3.05, 3.63) is 18.2 Å². The Morgan fingerprint density at radius 2 is 2.33 bits per heavy atom. The van der Waals surface area contributed by atoms with Gasteiger partial charge in [0.15, 0.2) is 5.12 Å². The van der Waals surface area contributed by atoms with Crippen molar-refractivity contribution in [3.63, 3.8) is 0 Å². The summed E-state index contributed by atoms with van der Waals surface area (Å²) in [7, 11) is 0. The summed E-state index contributed by atoms with van der Waals surface area (Å²) in [5.41, 5.74) is 0.620. The first-order valence-electron chi connectivity index (χ1n) is 6.67. The number of rotatable bonds is 5. The van der Waals surface area contributed by atoms with Crippen LogP contribution in [-0.4, -0.2) is 49.6 Å². The maximum absolute atomic E-state index is 12.3. The number of carboxylic acids is 1. The molecule has 114 valence electrons. The molecule has 2 atom stereocenters. The van der Waals surface area contributed by atoms with Crippen molar-refractivity contribution in [2.24, 2.45) is 0 Å². The fourth-order valence-corrected chi connectivity index (χ4v) is 3.33. The van der Waals surface area contributed by atoms with Gasteiger partial charge in [-0.25, -0.2) is 9.78 Å². The van der Waals surface area contributed by atoms with Gasteiger partial charge in [-0.1, -0.05) is 11.8 Å². The summed E-state index contributed by atoms with van der Waals surface area (Å²) in [5, 5.41) is 8.63. The van der Waals surface area contributed by atoms with E-state index in [9.17, 15) is 14.4 Å². The summed E-state index contributed by atoms with van der Waals surface area (Å²) in [5.74, 6) is -1.22. The van der Waals surface area contributed by atoms with Crippen molar-refractivity contribution in [3.8, 4) is 0 Å². The van der Waals surface area contributed by atoms with Gasteiger partial charge in [0.05, 0.1) is 17.3 Å². The van der Waals surface area contributed by atoms with Gasteiger partial charge in [0.25, 0.3) is 0 Å². The van der Waals surface area contributed by atoms with Gasteiger partial charge in [0.2, 0.25) is 5.91 Å². The van der Waals surface area contributed by atoms with E-state index in [0.717, 1.165) is 11.8 Å². The molecule has 1 aromatic rings. The number of imidazole rings is 1. The lowest BCUT2D eigenvalue weighted by Crippen LogP contribution is -2.40. The van der Waals surface area contributed by atoms with Gasteiger partial charge in [-0.15, -0.1) is 0 Å². The minimum atomic E-state index is -0.976. The molecule has 2 rings (SSSR count). The van der Waals surface area contributed by atoms with Crippen molar-refractivity contribution in [2.75, 3.05) is 6.54 Å². The number of likely N-dealkylation sites (tertiary alicyclic amines) is 1. The van der Waals surface area contributed by atoms with Crippen LogP contribution in [0, 0.1) is 0 Å². The number of amides is 1. The third-order valence-electron chi connectivity index (χ3n) is 3.38. The molecular formula is C13H17N3O4S. The molecule has 1 aliphatic rings. The second kappa shape index (κ2) is 6.75. The first kappa shape index (κ1) is 15.6. The number of aromatic amines is 1. The van der Waals surface area contributed by atoms with Crippen molar-refractivity contribution in [2.45, 2.75) is 37.5 Å². The quantitative estimate of drug-likeness (QED) is 0.847. The number of hydrogen-bond acceptors (Lipinski definition) is 5. The maximum atomic E-state index is 12.3. The highest BCUT2D eigenvalue weighted by atomic mass is 32.2. The van der Waals surface area contributed by atoms with Crippen molar-refractivity contribution >= 4 is 28.8 Å². The molecule has 0 aliphatic carbocycles. The van der Waals surface area contributed by atoms with Crippen LogP contribution in [0.5, 0.6) is 0 Å². The van der Waals surface area contributed by atoms with E-state index in [1.807, 2.05) is 0 Å². The molecule has 1 unspecified atom stereocenters. The predicted octanol–water partition coefficient (Wildman–Crippen LogP) is 1.20. The summed E-state index contributed by atoms with van der Waals surface area (Å²) in [6.07, 6.45) is 4.37. The minimum Gasteiger partial charge on any atom is -0.480 e. The highest BCUT2D eigenvalue weighted by molar-refractivity contribution is 8.13. The standard InChI is InChI=1S/C13H17N3O4S/c1-8(17)21-11(9-6-14-7-15-9)5-12(18)16-4-2-3-10(16)13(19)20/h6-7,10-11H,2-5H2,1H3,(H,14,15)(H,19,20)/t10-,11?/m0/s1. The average molecular weight is 311 g/mol. The molecule has 21 heavy (non-hydrogen) atoms. The molecular weight excluding hydrogens is 294 g/mol. The Morgan fingerprint density at radius 3 is 2.90 bits per heavy atom. The number of nitrogens with one attached hydrogen (secondary N) is 1. The Bertz CT molecular complexity index is 532. The monoisotopic (exact) mass is 311 g/mol. The van der Waals surface area contributed by atoms with E-state index in [0.29, 0.717) is 25.1 Å². The van der Waals surface area contributed by atoms with Crippen LogP contribution in [0.2, 0.25) is 0 Å². The molecule has 1 amide bonds. The Morgan fingerprint density at radius 1 is 1.57 bits per heavy atom. The Labute approximate surface area is 126 Å². The third kappa shape index (κ3) is 3.84. The number of hydrogen-bond donors (Lipinski definition) is 2. The smallest absolute Gasteiger partial charge is 0.326 e. The van der Waals surface area contributed by atoms with Gasteiger partial charge in [0.1, 0.15) is 6.04 Å².